The second kappa shape index (κ2) is 5.32. The van der Waals surface area contributed by atoms with Gasteiger partial charge in [0.1, 0.15) is 0 Å². The van der Waals surface area contributed by atoms with Crippen LogP contribution in [0.3, 0.4) is 0 Å². The molecule has 0 saturated heterocycles. The fourth-order valence-corrected chi connectivity index (χ4v) is 1.89. The van der Waals surface area contributed by atoms with E-state index in [9.17, 15) is 4.79 Å². The standard InChI is InChI=1S/C16H14O2/c1-2-15(16(17)18)14-10-8-13(9-11-14)12-6-4-3-5-7-12/h2-11H,1H3,(H,17,18). The number of hydrogen-bond donors (Lipinski definition) is 1. The second-order valence-electron chi connectivity index (χ2n) is 3.95. The van der Waals surface area contributed by atoms with E-state index in [0.717, 1.165) is 16.7 Å². The Morgan fingerprint density at radius 1 is 0.944 bits per heavy atom. The smallest absolute Gasteiger partial charge is 0.335 e. The van der Waals surface area contributed by atoms with Crippen LogP contribution >= 0.6 is 0 Å². The summed E-state index contributed by atoms with van der Waals surface area (Å²) in [5.74, 6) is -0.898. The maximum atomic E-state index is 11.0. The molecule has 0 bridgehead atoms. The molecule has 18 heavy (non-hydrogen) atoms. The molecule has 90 valence electrons. The van der Waals surface area contributed by atoms with E-state index in [1.54, 1.807) is 13.0 Å². The van der Waals surface area contributed by atoms with E-state index in [-0.39, 0.29) is 0 Å². The Labute approximate surface area is 106 Å². The summed E-state index contributed by atoms with van der Waals surface area (Å²) in [6.07, 6.45) is 1.61. The Hall–Kier alpha value is -2.35. The molecule has 0 aromatic heterocycles. The highest BCUT2D eigenvalue weighted by Crippen LogP contribution is 2.22. The molecule has 0 saturated carbocycles. The molecular formula is C16H14O2. The van der Waals surface area contributed by atoms with Gasteiger partial charge in [0.05, 0.1) is 5.57 Å². The summed E-state index contributed by atoms with van der Waals surface area (Å²) in [6, 6.07) is 17.6. The van der Waals surface area contributed by atoms with Crippen LogP contribution in [0.2, 0.25) is 0 Å². The van der Waals surface area contributed by atoms with E-state index in [1.807, 2.05) is 54.6 Å². The van der Waals surface area contributed by atoms with Crippen LogP contribution < -0.4 is 0 Å². The van der Waals surface area contributed by atoms with Crippen molar-refractivity contribution in [2.45, 2.75) is 6.92 Å². The minimum atomic E-state index is -0.898. The van der Waals surface area contributed by atoms with Gasteiger partial charge >= 0.3 is 5.97 Å². The van der Waals surface area contributed by atoms with Gasteiger partial charge in [-0.25, -0.2) is 4.79 Å². The van der Waals surface area contributed by atoms with Gasteiger partial charge in [0, 0.05) is 0 Å². The van der Waals surface area contributed by atoms with Crippen molar-refractivity contribution in [2.75, 3.05) is 0 Å². The van der Waals surface area contributed by atoms with Gasteiger partial charge < -0.3 is 5.11 Å². The highest BCUT2D eigenvalue weighted by molar-refractivity contribution is 6.15. The number of carboxylic acids is 1. The van der Waals surface area contributed by atoms with E-state index in [1.165, 1.54) is 0 Å². The lowest BCUT2D eigenvalue weighted by Gasteiger charge is -2.05. The zero-order valence-corrected chi connectivity index (χ0v) is 10.1. The van der Waals surface area contributed by atoms with Crippen LogP contribution in [0.25, 0.3) is 16.7 Å². The first-order valence-corrected chi connectivity index (χ1v) is 5.78. The first kappa shape index (κ1) is 12.1. The number of hydrogen-bond acceptors (Lipinski definition) is 1. The minimum absolute atomic E-state index is 0.328. The third kappa shape index (κ3) is 2.48. The number of aliphatic carboxylic acids is 1. The van der Waals surface area contributed by atoms with Crippen molar-refractivity contribution in [1.82, 2.24) is 0 Å². The van der Waals surface area contributed by atoms with Crippen LogP contribution in [-0.4, -0.2) is 11.1 Å². The van der Waals surface area contributed by atoms with Gasteiger partial charge in [0.2, 0.25) is 0 Å². The average Bonchev–Trinajstić information content (AvgIpc) is 2.41. The van der Waals surface area contributed by atoms with Crippen LogP contribution in [0.1, 0.15) is 12.5 Å². The zero-order chi connectivity index (χ0) is 13.0. The largest absolute Gasteiger partial charge is 0.478 e. The molecule has 0 unspecified atom stereocenters. The molecule has 0 heterocycles. The molecule has 2 rings (SSSR count). The molecule has 0 amide bonds. The summed E-state index contributed by atoms with van der Waals surface area (Å²) < 4.78 is 0. The van der Waals surface area contributed by atoms with Gasteiger partial charge in [-0.3, -0.25) is 0 Å². The molecule has 2 heteroatoms. The molecule has 2 nitrogen and oxygen atoms in total. The maximum absolute atomic E-state index is 11.0. The molecular weight excluding hydrogens is 224 g/mol. The van der Waals surface area contributed by atoms with Crippen molar-refractivity contribution in [3.8, 4) is 11.1 Å². The highest BCUT2D eigenvalue weighted by Gasteiger charge is 2.08. The summed E-state index contributed by atoms with van der Waals surface area (Å²) >= 11 is 0. The number of rotatable bonds is 3. The Morgan fingerprint density at radius 3 is 2.00 bits per heavy atom. The average molecular weight is 238 g/mol. The van der Waals surface area contributed by atoms with Gasteiger partial charge in [-0.2, -0.15) is 0 Å². The van der Waals surface area contributed by atoms with Gasteiger partial charge in [-0.1, -0.05) is 60.7 Å². The highest BCUT2D eigenvalue weighted by atomic mass is 16.4. The normalized spacial score (nSPS) is 11.3. The Bertz CT molecular complexity index is 566. The molecule has 0 aliphatic rings. The molecule has 0 aliphatic carbocycles. The summed E-state index contributed by atoms with van der Waals surface area (Å²) in [7, 11) is 0. The van der Waals surface area contributed by atoms with Gasteiger partial charge in [0.15, 0.2) is 0 Å². The van der Waals surface area contributed by atoms with Gasteiger partial charge in [0.25, 0.3) is 0 Å². The third-order valence-electron chi connectivity index (χ3n) is 2.82. The van der Waals surface area contributed by atoms with E-state index >= 15 is 0 Å². The molecule has 0 radical (unpaired) electrons. The third-order valence-corrected chi connectivity index (χ3v) is 2.82. The van der Waals surface area contributed by atoms with E-state index in [0.29, 0.717) is 5.57 Å². The molecule has 0 atom stereocenters. The predicted octanol–water partition coefficient (Wildman–Crippen LogP) is 3.84. The van der Waals surface area contributed by atoms with Crippen LogP contribution in [0, 0.1) is 0 Å². The topological polar surface area (TPSA) is 37.3 Å². The van der Waals surface area contributed by atoms with E-state index < -0.39 is 5.97 Å². The SMILES string of the molecule is CC=C(C(=O)O)c1ccc(-c2ccccc2)cc1. The van der Waals surface area contributed by atoms with Crippen molar-refractivity contribution < 1.29 is 9.90 Å². The van der Waals surface area contributed by atoms with E-state index in [4.69, 9.17) is 5.11 Å². The van der Waals surface area contributed by atoms with E-state index in [2.05, 4.69) is 0 Å². The van der Waals surface area contributed by atoms with Crippen LogP contribution in [0.4, 0.5) is 0 Å². The number of carboxylic acid groups (broad SMARTS) is 1. The van der Waals surface area contributed by atoms with Crippen molar-refractivity contribution >= 4 is 11.5 Å². The van der Waals surface area contributed by atoms with Crippen molar-refractivity contribution in [2.24, 2.45) is 0 Å². The summed E-state index contributed by atoms with van der Waals surface area (Å²) in [6.45, 7) is 1.73. The molecule has 0 aliphatic heterocycles. The second-order valence-corrected chi connectivity index (χ2v) is 3.95. The lowest BCUT2D eigenvalue weighted by Crippen LogP contribution is -1.98. The van der Waals surface area contributed by atoms with Crippen molar-refractivity contribution in [3.63, 3.8) is 0 Å². The van der Waals surface area contributed by atoms with Gasteiger partial charge in [-0.15, -0.1) is 0 Å². The lowest BCUT2D eigenvalue weighted by atomic mass is 10.0. The monoisotopic (exact) mass is 238 g/mol. The molecule has 0 spiro atoms. The van der Waals surface area contributed by atoms with Crippen LogP contribution in [-0.2, 0) is 4.79 Å². The first-order chi connectivity index (χ1) is 8.72. The number of carbonyl (C=O) groups is 1. The number of allylic oxidation sites excluding steroid dienone is 1. The molecule has 2 aromatic carbocycles. The lowest BCUT2D eigenvalue weighted by molar-refractivity contribution is -0.130. The molecule has 0 fully saturated rings. The maximum Gasteiger partial charge on any atom is 0.335 e. The molecule has 1 N–H and O–H groups in total. The Balaban J connectivity index is 2.34. The molecule has 2 aromatic rings. The Morgan fingerprint density at radius 2 is 1.50 bits per heavy atom. The van der Waals surface area contributed by atoms with Crippen molar-refractivity contribution in [1.29, 1.82) is 0 Å². The van der Waals surface area contributed by atoms with Crippen LogP contribution in [0.15, 0.2) is 60.7 Å². The van der Waals surface area contributed by atoms with Crippen molar-refractivity contribution in [3.05, 3.63) is 66.2 Å². The minimum Gasteiger partial charge on any atom is -0.478 e. The fraction of sp³-hybridized carbons (Fsp3) is 0.0625. The predicted molar refractivity (Wildman–Crippen MR) is 73.2 cm³/mol. The summed E-state index contributed by atoms with van der Waals surface area (Å²) in [4.78, 5) is 11.0. The van der Waals surface area contributed by atoms with Gasteiger partial charge in [-0.05, 0) is 23.6 Å². The zero-order valence-electron chi connectivity index (χ0n) is 10.1. The number of benzene rings is 2. The van der Waals surface area contributed by atoms with Crippen LogP contribution in [0.5, 0.6) is 0 Å². The summed E-state index contributed by atoms with van der Waals surface area (Å²) in [5.41, 5.74) is 3.26. The first-order valence-electron chi connectivity index (χ1n) is 5.78. The quantitative estimate of drug-likeness (QED) is 0.825. The fourth-order valence-electron chi connectivity index (χ4n) is 1.89. The Kier molecular flexibility index (Phi) is 3.58. The summed E-state index contributed by atoms with van der Waals surface area (Å²) in [5, 5.41) is 9.04.